The van der Waals surface area contributed by atoms with Crippen LogP contribution in [0.5, 0.6) is 184 Å². The van der Waals surface area contributed by atoms with Gasteiger partial charge in [0.05, 0.1) is 73.4 Å². The van der Waals surface area contributed by atoms with E-state index in [-0.39, 0.29) is 223 Å². The number of benzene rings is 14. The van der Waals surface area contributed by atoms with Crippen molar-refractivity contribution < 1.29 is 193 Å². The molecule has 39 nitrogen and oxygen atoms in total. The minimum atomic E-state index is -0.506. The van der Waals surface area contributed by atoms with Crippen LogP contribution >= 0.6 is 0 Å². The fraction of sp³-hybridized carbons (Fsp3) is 0.165. The van der Waals surface area contributed by atoms with Crippen LogP contribution in [0.25, 0.3) is 0 Å². The van der Waals surface area contributed by atoms with E-state index in [0.29, 0.717) is 83.8 Å². The van der Waals surface area contributed by atoms with Gasteiger partial charge >= 0.3 is 41.8 Å². The Balaban J connectivity index is 0.000000129. The Hall–Kier alpha value is -19.6. The average molecular weight is 2030 g/mol. The maximum Gasteiger partial charge on any atom is 0.312 e. The Morgan fingerprint density at radius 2 is 0.385 bits per heavy atom. The first-order valence-electron chi connectivity index (χ1n) is 44.8. The van der Waals surface area contributed by atoms with Gasteiger partial charge < -0.3 is 159 Å². The van der Waals surface area contributed by atoms with Crippen molar-refractivity contribution in [3.8, 4) is 184 Å². The highest BCUT2D eigenvalue weighted by Gasteiger charge is 2.41. The normalized spacial score (nSPS) is 17.0. The van der Waals surface area contributed by atoms with Gasteiger partial charge in [-0.1, -0.05) is 72.8 Å². The van der Waals surface area contributed by atoms with Crippen molar-refractivity contribution in [1.82, 2.24) is 0 Å². The van der Waals surface area contributed by atoms with E-state index < -0.39 is 77.3 Å². The molecule has 0 radical (unpaired) electrons. The number of rotatable bonds is 11. The summed E-state index contributed by atoms with van der Waals surface area (Å²) in [6.45, 7) is 0. The number of esters is 7. The third kappa shape index (κ3) is 22.6. The van der Waals surface area contributed by atoms with E-state index in [1.54, 1.807) is 97.1 Å². The molecule has 14 aromatic rings. The Morgan fingerprint density at radius 1 is 0.182 bits per heavy atom. The Bertz CT molecular complexity index is 7160. The lowest BCUT2D eigenvalue weighted by Crippen LogP contribution is -2.21. The first-order chi connectivity index (χ1) is 70.6. The summed E-state index contributed by atoms with van der Waals surface area (Å²) in [7, 11) is 5.74. The molecule has 148 heavy (non-hydrogen) atoms. The second kappa shape index (κ2) is 43.4. The number of phenolic OH excluding ortho intramolecular Hbond substituents is 21. The highest BCUT2D eigenvalue weighted by atomic mass is 16.6. The molecule has 7 heterocycles. The van der Waals surface area contributed by atoms with Crippen LogP contribution in [0.3, 0.4) is 0 Å². The lowest BCUT2D eigenvalue weighted by atomic mass is 9.85. The first kappa shape index (κ1) is 103. The summed E-state index contributed by atoms with van der Waals surface area (Å²) < 4.78 is 55.6. The highest BCUT2D eigenvalue weighted by molar-refractivity contribution is 5.85. The van der Waals surface area contributed by atoms with Crippen molar-refractivity contribution in [2.45, 2.75) is 86.4 Å². The van der Waals surface area contributed by atoms with Gasteiger partial charge in [-0.15, -0.1) is 0 Å². The van der Waals surface area contributed by atoms with E-state index in [4.69, 9.17) is 52.1 Å². The average Bonchev–Trinajstić information content (AvgIpc) is 0.807. The Labute approximate surface area is 837 Å². The molecule has 21 N–H and O–H groups in total. The number of fused-ring (bicyclic) bond motifs is 7. The summed E-state index contributed by atoms with van der Waals surface area (Å²) in [5.74, 6) is -6.73. The molecule has 0 aromatic heterocycles. The summed E-state index contributed by atoms with van der Waals surface area (Å²) in [5.41, 5.74) is 7.40. The van der Waals surface area contributed by atoms with Crippen molar-refractivity contribution in [1.29, 1.82) is 0 Å². The van der Waals surface area contributed by atoms with Gasteiger partial charge in [0.25, 0.3) is 0 Å². The second-order valence-electron chi connectivity index (χ2n) is 34.2. The smallest absolute Gasteiger partial charge is 0.312 e. The lowest BCUT2D eigenvalue weighted by molar-refractivity contribution is -0.136. The van der Waals surface area contributed by atoms with E-state index in [9.17, 15) is 141 Å². The van der Waals surface area contributed by atoms with Crippen molar-refractivity contribution >= 4 is 41.8 Å². The molecule has 7 atom stereocenters. The maximum atomic E-state index is 11.8. The van der Waals surface area contributed by atoms with Crippen LogP contribution in [-0.4, -0.2) is 177 Å². The molecule has 0 aliphatic carbocycles. The lowest BCUT2D eigenvalue weighted by Gasteiger charge is -2.26. The fourth-order valence-corrected chi connectivity index (χ4v) is 18.2. The van der Waals surface area contributed by atoms with Crippen molar-refractivity contribution in [3.63, 3.8) is 0 Å². The first-order valence-corrected chi connectivity index (χ1v) is 44.8. The molecule has 7 aliphatic rings. The zero-order chi connectivity index (χ0) is 106. The molecule has 0 fully saturated rings. The zero-order valence-corrected chi connectivity index (χ0v) is 78.2. The molecule has 21 rings (SSSR count). The predicted molar refractivity (Wildman–Crippen MR) is 516 cm³/mol. The van der Waals surface area contributed by atoms with E-state index in [0.717, 1.165) is 5.56 Å². The van der Waals surface area contributed by atoms with E-state index in [1.807, 2.05) is 0 Å². The van der Waals surface area contributed by atoms with E-state index >= 15 is 0 Å². The number of ether oxygens (including phenoxy) is 11. The van der Waals surface area contributed by atoms with E-state index in [1.165, 1.54) is 162 Å². The van der Waals surface area contributed by atoms with Gasteiger partial charge in [0.2, 0.25) is 0 Å². The zero-order valence-electron chi connectivity index (χ0n) is 78.2. The molecule has 7 aliphatic heterocycles. The summed E-state index contributed by atoms with van der Waals surface area (Å²) >= 11 is 0. The number of phenols is 21. The molecule has 0 unspecified atom stereocenters. The molecule has 0 saturated heterocycles. The van der Waals surface area contributed by atoms with Crippen LogP contribution in [-0.2, 0) is 33.6 Å². The minimum absolute atomic E-state index is 0.0141. The molecule has 0 amide bonds. The summed E-state index contributed by atoms with van der Waals surface area (Å²) in [5, 5.41) is 205. The van der Waals surface area contributed by atoms with Gasteiger partial charge in [0, 0.05) is 176 Å². The second-order valence-corrected chi connectivity index (χ2v) is 34.2. The summed E-state index contributed by atoms with van der Waals surface area (Å²) in [4.78, 5) is 82.1. The molecule has 0 spiro atoms. The largest absolute Gasteiger partial charge is 0.508 e. The molecular formula is C109H92O39. The van der Waals surface area contributed by atoms with Crippen LogP contribution in [0.1, 0.15) is 164 Å². The van der Waals surface area contributed by atoms with Gasteiger partial charge in [-0.3, -0.25) is 33.6 Å². The third-order valence-corrected chi connectivity index (χ3v) is 24.7. The van der Waals surface area contributed by atoms with Gasteiger partial charge in [-0.2, -0.15) is 0 Å². The van der Waals surface area contributed by atoms with Gasteiger partial charge in [-0.25, -0.2) is 0 Å². The Morgan fingerprint density at radius 3 is 0.615 bits per heavy atom. The van der Waals surface area contributed by atoms with E-state index in [2.05, 4.69) is 0 Å². The predicted octanol–water partition coefficient (Wildman–Crippen LogP) is 15.7. The third-order valence-electron chi connectivity index (χ3n) is 24.7. The Kier molecular flexibility index (Phi) is 30.2. The van der Waals surface area contributed by atoms with Gasteiger partial charge in [0.15, 0.2) is 46.0 Å². The monoisotopic (exact) mass is 2020 g/mol. The number of carbonyl (C=O) groups excluding carboxylic acids is 7. The van der Waals surface area contributed by atoms with Crippen LogP contribution in [0, 0.1) is 0 Å². The molecule has 0 bridgehead atoms. The maximum absolute atomic E-state index is 11.8. The van der Waals surface area contributed by atoms with Crippen molar-refractivity contribution in [2.24, 2.45) is 0 Å². The number of hydrogen-bond acceptors (Lipinski definition) is 39. The summed E-state index contributed by atoms with van der Waals surface area (Å²) in [6.07, 6.45) is 0.259. The number of methoxy groups -OCH3 is 4. The van der Waals surface area contributed by atoms with Crippen LogP contribution in [0.4, 0.5) is 0 Å². The number of aromatic hydroxyl groups is 21. The summed E-state index contributed by atoms with van der Waals surface area (Å²) in [6, 6.07) is 56.0. The quantitative estimate of drug-likeness (QED) is 0.0422. The number of carbonyl (C=O) groups is 7. The van der Waals surface area contributed by atoms with Gasteiger partial charge in [-0.05, 0) is 101 Å². The molecule has 0 saturated carbocycles. The van der Waals surface area contributed by atoms with Crippen molar-refractivity contribution in [2.75, 3.05) is 28.4 Å². The minimum Gasteiger partial charge on any atom is -0.508 e. The molecule has 14 aromatic carbocycles. The standard InChI is InChI=1S/4C16H14O6.3C15H12O5/c2*1-21-13-3-2-8(4-11(13)18)10-7-15(20)22-14-6-9(17)5-12(19)16(10)14;2*1-21-13-4-8(2-3-11(13)18)10-7-15(20)22-14-6-9(17)5-12(19)16(10)14;16-9-3-1-8(2-4-9)11-7-14(19)20-13-6-10(17)5-12(18)15(11)13;2*16-8-5-12(18)15-10(7-14(19)20-13(15)6-8)9-3-1-2-4-11(9)17/h4*2-6,10,17-19H,7H2,1H3;1-6,11,16-18H,7H2;2*1-6,10,16-18H,7H2/t4*10-;11-;2*10-/m1010010/s1. The van der Waals surface area contributed by atoms with Crippen molar-refractivity contribution in [3.05, 3.63) is 308 Å². The molecular weight excluding hydrogens is 1930 g/mol. The highest BCUT2D eigenvalue weighted by Crippen LogP contribution is 2.56. The van der Waals surface area contributed by atoms with Crippen LogP contribution < -0.4 is 52.1 Å². The SMILES string of the molecule is COc1cc([C@@H]2CC(=O)Oc3cc(O)cc(O)c32)ccc1O.COc1cc([C@H]2CC(=O)Oc3cc(O)cc(O)c32)ccc1O.COc1ccc([C@@H]2CC(=O)Oc3cc(O)cc(O)c32)cc1O.COc1ccc([C@H]2CC(=O)Oc3cc(O)cc(O)c32)cc1O.O=C1C[C@@H](c2ccc(O)cc2)c2c(O)cc(O)cc2O1.O=C1C[C@@H](c2ccccc2O)c2c(O)cc(O)cc2O1.O=C1C[C@H](c2ccccc2O)c2c(O)cc(O)cc2O1. The molecule has 762 valence electrons. The number of para-hydroxylation sites is 2. The fourth-order valence-electron chi connectivity index (χ4n) is 18.2. The van der Waals surface area contributed by atoms with Crippen LogP contribution in [0.2, 0.25) is 0 Å². The van der Waals surface area contributed by atoms with Crippen LogP contribution in [0.15, 0.2) is 231 Å². The van der Waals surface area contributed by atoms with Gasteiger partial charge in [0.1, 0.15) is 138 Å². The number of hydrogen-bond donors (Lipinski definition) is 21. The molecule has 39 heteroatoms. The topological polar surface area (TPSA) is 646 Å².